The first-order chi connectivity index (χ1) is 10.2. The molecular formula is C16H19BrN2O2. The summed E-state index contributed by atoms with van der Waals surface area (Å²) in [5.74, 6) is 7.31. The first-order valence-corrected chi connectivity index (χ1v) is 7.39. The molecule has 2 aromatic carbocycles. The lowest BCUT2D eigenvalue weighted by atomic mass is 9.98. The van der Waals surface area contributed by atoms with Crippen molar-refractivity contribution in [3.8, 4) is 11.5 Å². The zero-order valence-electron chi connectivity index (χ0n) is 12.1. The summed E-state index contributed by atoms with van der Waals surface area (Å²) in [6.45, 7) is 0. The number of rotatable bonds is 6. The fourth-order valence-electron chi connectivity index (χ4n) is 2.27. The van der Waals surface area contributed by atoms with Gasteiger partial charge in [-0.3, -0.25) is 11.3 Å². The van der Waals surface area contributed by atoms with Crippen LogP contribution in [0.4, 0.5) is 0 Å². The van der Waals surface area contributed by atoms with Gasteiger partial charge in [0.05, 0.1) is 20.3 Å². The summed E-state index contributed by atoms with van der Waals surface area (Å²) in [6.07, 6.45) is 0.749. The fourth-order valence-corrected chi connectivity index (χ4v) is 2.72. The van der Waals surface area contributed by atoms with Crippen LogP contribution in [0, 0.1) is 0 Å². The summed E-state index contributed by atoms with van der Waals surface area (Å²) >= 11 is 3.48. The molecule has 21 heavy (non-hydrogen) atoms. The highest BCUT2D eigenvalue weighted by Crippen LogP contribution is 2.31. The molecule has 5 heteroatoms. The largest absolute Gasteiger partial charge is 0.497 e. The molecule has 0 aliphatic heterocycles. The Morgan fingerprint density at radius 1 is 1.14 bits per heavy atom. The van der Waals surface area contributed by atoms with Crippen molar-refractivity contribution >= 4 is 15.9 Å². The molecule has 0 amide bonds. The standard InChI is InChI=1S/C16H19BrN2O2/c1-20-13-6-7-16(21-2)14(10-13)15(19-18)9-11-4-3-5-12(17)8-11/h3-8,10,15,19H,9,18H2,1-2H3. The third-order valence-corrected chi connectivity index (χ3v) is 3.84. The molecule has 0 bridgehead atoms. The average Bonchev–Trinajstić information content (AvgIpc) is 2.52. The SMILES string of the molecule is COc1ccc(OC)c(C(Cc2cccc(Br)c2)NN)c1. The molecule has 0 fully saturated rings. The van der Waals surface area contributed by atoms with Crippen LogP contribution < -0.4 is 20.7 Å². The van der Waals surface area contributed by atoms with Gasteiger partial charge in [0.15, 0.2) is 0 Å². The van der Waals surface area contributed by atoms with Crippen LogP contribution in [-0.2, 0) is 6.42 Å². The molecule has 1 atom stereocenters. The molecule has 0 aliphatic carbocycles. The van der Waals surface area contributed by atoms with Crippen LogP contribution in [0.3, 0.4) is 0 Å². The van der Waals surface area contributed by atoms with E-state index >= 15 is 0 Å². The van der Waals surface area contributed by atoms with Gasteiger partial charge in [-0.05, 0) is 42.3 Å². The number of benzene rings is 2. The Morgan fingerprint density at radius 2 is 1.95 bits per heavy atom. The van der Waals surface area contributed by atoms with Gasteiger partial charge in [-0.15, -0.1) is 0 Å². The molecule has 112 valence electrons. The molecule has 0 aliphatic rings. The number of hydrogen-bond donors (Lipinski definition) is 2. The van der Waals surface area contributed by atoms with Crippen LogP contribution >= 0.6 is 15.9 Å². The zero-order valence-corrected chi connectivity index (χ0v) is 13.7. The van der Waals surface area contributed by atoms with E-state index in [-0.39, 0.29) is 6.04 Å². The van der Waals surface area contributed by atoms with E-state index in [9.17, 15) is 0 Å². The van der Waals surface area contributed by atoms with E-state index in [4.69, 9.17) is 15.3 Å². The maximum absolute atomic E-state index is 5.75. The van der Waals surface area contributed by atoms with Crippen LogP contribution in [0.5, 0.6) is 11.5 Å². The summed E-state index contributed by atoms with van der Waals surface area (Å²) in [5.41, 5.74) is 5.01. The van der Waals surface area contributed by atoms with Gasteiger partial charge in [0.2, 0.25) is 0 Å². The normalized spacial score (nSPS) is 12.0. The van der Waals surface area contributed by atoms with E-state index in [0.29, 0.717) is 0 Å². The Kier molecular flexibility index (Phi) is 5.61. The molecule has 0 aromatic heterocycles. The Balaban J connectivity index is 2.32. The van der Waals surface area contributed by atoms with Crippen molar-refractivity contribution in [2.75, 3.05) is 14.2 Å². The Labute approximate surface area is 133 Å². The molecule has 1 unspecified atom stereocenters. The van der Waals surface area contributed by atoms with Crippen LogP contribution in [0.15, 0.2) is 46.9 Å². The number of hydrazine groups is 1. The average molecular weight is 351 g/mol. The number of methoxy groups -OCH3 is 2. The maximum Gasteiger partial charge on any atom is 0.123 e. The van der Waals surface area contributed by atoms with Crippen molar-refractivity contribution < 1.29 is 9.47 Å². The Hall–Kier alpha value is -1.56. The number of nitrogens with two attached hydrogens (primary N) is 1. The van der Waals surface area contributed by atoms with Crippen molar-refractivity contribution in [1.29, 1.82) is 0 Å². The van der Waals surface area contributed by atoms with Gasteiger partial charge in [-0.2, -0.15) is 0 Å². The van der Waals surface area contributed by atoms with Gasteiger partial charge >= 0.3 is 0 Å². The topological polar surface area (TPSA) is 56.5 Å². The molecule has 0 radical (unpaired) electrons. The smallest absolute Gasteiger partial charge is 0.123 e. The van der Waals surface area contributed by atoms with Crippen molar-refractivity contribution in [2.45, 2.75) is 12.5 Å². The molecule has 2 rings (SSSR count). The number of nitrogens with one attached hydrogen (secondary N) is 1. The third-order valence-electron chi connectivity index (χ3n) is 3.34. The van der Waals surface area contributed by atoms with E-state index in [1.165, 1.54) is 5.56 Å². The molecule has 0 spiro atoms. The predicted octanol–water partition coefficient (Wildman–Crippen LogP) is 3.21. The van der Waals surface area contributed by atoms with Crippen LogP contribution in [0.1, 0.15) is 17.2 Å². The highest BCUT2D eigenvalue weighted by Gasteiger charge is 2.16. The third kappa shape index (κ3) is 3.97. The minimum atomic E-state index is -0.0654. The van der Waals surface area contributed by atoms with Gasteiger partial charge in [0.25, 0.3) is 0 Å². The van der Waals surface area contributed by atoms with Crippen molar-refractivity contribution in [3.63, 3.8) is 0 Å². The van der Waals surface area contributed by atoms with Crippen LogP contribution in [0.25, 0.3) is 0 Å². The number of ether oxygens (including phenoxy) is 2. The van der Waals surface area contributed by atoms with Crippen LogP contribution in [-0.4, -0.2) is 14.2 Å². The lowest BCUT2D eigenvalue weighted by Crippen LogP contribution is -2.30. The van der Waals surface area contributed by atoms with E-state index in [2.05, 4.69) is 33.5 Å². The maximum atomic E-state index is 5.75. The summed E-state index contributed by atoms with van der Waals surface area (Å²) in [4.78, 5) is 0. The molecule has 3 N–H and O–H groups in total. The number of hydrogen-bond acceptors (Lipinski definition) is 4. The molecule has 0 saturated heterocycles. The molecule has 4 nitrogen and oxygen atoms in total. The van der Waals surface area contributed by atoms with Gasteiger partial charge in [0.1, 0.15) is 11.5 Å². The monoisotopic (exact) mass is 350 g/mol. The Bertz CT molecular complexity index is 605. The van der Waals surface area contributed by atoms with Gasteiger partial charge in [-0.1, -0.05) is 28.1 Å². The summed E-state index contributed by atoms with van der Waals surface area (Å²) in [5, 5.41) is 0. The fraction of sp³-hybridized carbons (Fsp3) is 0.250. The minimum absolute atomic E-state index is 0.0654. The lowest BCUT2D eigenvalue weighted by Gasteiger charge is -2.20. The highest BCUT2D eigenvalue weighted by atomic mass is 79.9. The first-order valence-electron chi connectivity index (χ1n) is 6.60. The van der Waals surface area contributed by atoms with E-state index in [1.807, 2.05) is 30.3 Å². The predicted molar refractivity (Wildman–Crippen MR) is 87.5 cm³/mol. The second-order valence-corrected chi connectivity index (χ2v) is 5.58. The van der Waals surface area contributed by atoms with E-state index in [1.54, 1.807) is 14.2 Å². The van der Waals surface area contributed by atoms with Gasteiger partial charge < -0.3 is 9.47 Å². The van der Waals surface area contributed by atoms with E-state index < -0.39 is 0 Å². The highest BCUT2D eigenvalue weighted by molar-refractivity contribution is 9.10. The molecule has 0 saturated carbocycles. The first kappa shape index (κ1) is 15.8. The van der Waals surface area contributed by atoms with Gasteiger partial charge in [-0.25, -0.2) is 0 Å². The second-order valence-electron chi connectivity index (χ2n) is 4.66. The quantitative estimate of drug-likeness (QED) is 0.620. The van der Waals surface area contributed by atoms with Crippen molar-refractivity contribution in [1.82, 2.24) is 5.43 Å². The molecule has 2 aromatic rings. The second kappa shape index (κ2) is 7.45. The number of halogens is 1. The lowest BCUT2D eigenvalue weighted by molar-refractivity contribution is 0.389. The van der Waals surface area contributed by atoms with Crippen molar-refractivity contribution in [3.05, 3.63) is 58.1 Å². The summed E-state index contributed by atoms with van der Waals surface area (Å²) in [7, 11) is 3.29. The minimum Gasteiger partial charge on any atom is -0.497 e. The summed E-state index contributed by atoms with van der Waals surface area (Å²) < 4.78 is 11.8. The molecule has 0 heterocycles. The van der Waals surface area contributed by atoms with Crippen molar-refractivity contribution in [2.24, 2.45) is 5.84 Å². The zero-order chi connectivity index (χ0) is 15.2. The van der Waals surface area contributed by atoms with E-state index in [0.717, 1.165) is 28.0 Å². The van der Waals surface area contributed by atoms with Crippen LogP contribution in [0.2, 0.25) is 0 Å². The van der Waals surface area contributed by atoms with Gasteiger partial charge in [0, 0.05) is 10.0 Å². The molecular weight excluding hydrogens is 332 g/mol. The summed E-state index contributed by atoms with van der Waals surface area (Å²) in [6, 6.07) is 13.8. The Morgan fingerprint density at radius 3 is 2.57 bits per heavy atom.